The Bertz CT molecular complexity index is 3410. The monoisotopic (exact) mass is 1180 g/mol. The van der Waals surface area contributed by atoms with Crippen LogP contribution in [0.2, 0.25) is 0 Å². The first-order valence-corrected chi connectivity index (χ1v) is 30.3. The molecular weight excluding hydrogens is 1100 g/mol. The van der Waals surface area contributed by atoms with E-state index >= 15 is 0 Å². The van der Waals surface area contributed by atoms with Crippen molar-refractivity contribution < 1.29 is 18.4 Å². The molecule has 18 nitrogen and oxygen atoms in total. The zero-order valence-electron chi connectivity index (χ0n) is 51.0. The molecule has 88 heavy (non-hydrogen) atoms. The first-order chi connectivity index (χ1) is 43.3. The van der Waals surface area contributed by atoms with Crippen molar-refractivity contribution in [1.82, 2.24) is 50.2 Å². The van der Waals surface area contributed by atoms with Crippen molar-refractivity contribution in [2.75, 3.05) is 141 Å². The van der Waals surface area contributed by atoms with Gasteiger partial charge in [-0.3, -0.25) is 19.4 Å². The summed E-state index contributed by atoms with van der Waals surface area (Å²) in [6.45, 7) is 14.1. The third-order valence-corrected chi connectivity index (χ3v) is 15.6. The van der Waals surface area contributed by atoms with Crippen LogP contribution in [0.4, 0.5) is 23.0 Å². The van der Waals surface area contributed by atoms with Gasteiger partial charge >= 0.3 is 0 Å². The van der Waals surface area contributed by atoms with Crippen LogP contribution in [0.15, 0.2) is 191 Å². The molecule has 2 saturated heterocycles. The average Bonchev–Trinajstić information content (AvgIpc) is 2.80. The maximum Gasteiger partial charge on any atom is 0.232 e. The van der Waals surface area contributed by atoms with Crippen molar-refractivity contribution in [3.05, 3.63) is 194 Å². The molecule has 2 fully saturated rings. The van der Waals surface area contributed by atoms with Crippen LogP contribution < -0.4 is 31.9 Å². The molecule has 0 unspecified atom stereocenters. The Labute approximate surface area is 516 Å². The molecule has 0 radical (unpaired) electrons. The number of rotatable bonds is 22. The van der Waals surface area contributed by atoms with E-state index in [9.17, 15) is 9.59 Å². The Morgan fingerprint density at radius 1 is 0.420 bits per heavy atom. The van der Waals surface area contributed by atoms with Crippen LogP contribution in [0.3, 0.4) is 0 Å². The van der Waals surface area contributed by atoms with Gasteiger partial charge in [-0.25, -0.2) is 19.9 Å². The van der Waals surface area contributed by atoms with Crippen molar-refractivity contribution in [3.63, 3.8) is 0 Å². The number of fused-ring (bicyclic) bond motifs is 2. The van der Waals surface area contributed by atoms with E-state index in [0.29, 0.717) is 11.4 Å². The van der Waals surface area contributed by atoms with Gasteiger partial charge in [0.1, 0.15) is 35.8 Å². The number of carbonyl (C=O) groups excluding carboxylic acids is 2. The first-order valence-electron chi connectivity index (χ1n) is 30.3. The van der Waals surface area contributed by atoms with Crippen molar-refractivity contribution >= 4 is 58.0 Å². The lowest BCUT2D eigenvalue weighted by atomic mass is 9.99. The quantitative estimate of drug-likeness (QED) is 0.0277. The topological polar surface area (TPSA) is 197 Å². The number of nitrogens with one attached hydrogen (secondary N) is 6. The summed E-state index contributed by atoms with van der Waals surface area (Å²) >= 11 is 0. The summed E-state index contributed by atoms with van der Waals surface area (Å²) in [5.41, 5.74) is 12.1. The molecule has 2 aliphatic rings. The molecule has 12 rings (SSSR count). The van der Waals surface area contributed by atoms with E-state index in [-0.39, 0.29) is 0 Å². The standard InChI is InChI=1S/2C27H24N4O.2C8H17N3O/c2*1-28-22-14-12-19(13-15-22)16-17-29-26-24-23(20-8-4-2-5-9-20)25(21-10-6-3-7-11-21)32-27(24)31-18-30-26;2*1-10-4-6-11(7-5-10)3-2-9-8-12/h2*2-15,18,28H,16-17H2,1H3,(H,29,30,31);2*8H,2-7H2,1H3,(H,9,12). The Kier molecular flexibility index (Phi) is 24.0. The van der Waals surface area contributed by atoms with Crippen LogP contribution in [-0.2, 0) is 22.4 Å². The summed E-state index contributed by atoms with van der Waals surface area (Å²) in [6, 6.07) is 57.8. The number of furan rings is 2. The molecule has 0 spiro atoms. The molecular formula is C70H82N14O4. The first kappa shape index (κ1) is 63.1. The van der Waals surface area contributed by atoms with E-state index in [4.69, 9.17) is 8.83 Å². The van der Waals surface area contributed by atoms with E-state index in [1.807, 2.05) is 86.9 Å². The molecule has 6 N–H and O–H groups in total. The van der Waals surface area contributed by atoms with Crippen molar-refractivity contribution in [3.8, 4) is 44.9 Å². The molecule has 0 bridgehead atoms. The smallest absolute Gasteiger partial charge is 0.232 e. The Morgan fingerprint density at radius 2 is 0.761 bits per heavy atom. The van der Waals surface area contributed by atoms with Gasteiger partial charge in [-0.05, 0) is 73.5 Å². The molecule has 10 aromatic rings. The number of aromatic nitrogens is 4. The van der Waals surface area contributed by atoms with E-state index in [0.717, 1.165) is 196 Å². The fourth-order valence-electron chi connectivity index (χ4n) is 10.5. The number of piperazine rings is 2. The predicted octanol–water partition coefficient (Wildman–Crippen LogP) is 10.5. The Balaban J connectivity index is 0.000000154. The average molecular weight is 1180 g/mol. The second kappa shape index (κ2) is 33.4. The maximum atomic E-state index is 9.96. The normalized spacial score (nSPS) is 13.6. The highest BCUT2D eigenvalue weighted by Gasteiger charge is 2.24. The number of benzene rings is 6. The number of anilines is 4. The molecule has 0 aliphatic carbocycles. The minimum atomic E-state index is 0.582. The van der Waals surface area contributed by atoms with Gasteiger partial charge in [-0.2, -0.15) is 0 Å². The predicted molar refractivity (Wildman–Crippen MR) is 358 cm³/mol. The lowest BCUT2D eigenvalue weighted by Crippen LogP contribution is -2.46. The highest BCUT2D eigenvalue weighted by atomic mass is 16.3. The summed E-state index contributed by atoms with van der Waals surface area (Å²) in [6.07, 6.45) is 6.41. The van der Waals surface area contributed by atoms with Crippen LogP contribution in [-0.4, -0.2) is 172 Å². The number of hydrogen-bond acceptors (Lipinski definition) is 16. The maximum absolute atomic E-state index is 9.96. The molecule has 0 saturated carbocycles. The van der Waals surface area contributed by atoms with Crippen LogP contribution in [0.25, 0.3) is 67.1 Å². The third-order valence-electron chi connectivity index (χ3n) is 15.6. The number of hydrogen-bond donors (Lipinski definition) is 6. The Morgan fingerprint density at radius 3 is 1.09 bits per heavy atom. The lowest BCUT2D eigenvalue weighted by Gasteiger charge is -2.32. The fourth-order valence-corrected chi connectivity index (χ4v) is 10.5. The largest absolute Gasteiger partial charge is 0.437 e. The van der Waals surface area contributed by atoms with E-state index < -0.39 is 0 Å². The van der Waals surface area contributed by atoms with Gasteiger partial charge in [0.25, 0.3) is 0 Å². The van der Waals surface area contributed by atoms with Crippen LogP contribution in [0, 0.1) is 0 Å². The highest BCUT2D eigenvalue weighted by Crippen LogP contribution is 2.44. The van der Waals surface area contributed by atoms with E-state index in [1.165, 1.54) is 11.1 Å². The van der Waals surface area contributed by atoms with Gasteiger partial charge in [-0.1, -0.05) is 146 Å². The molecule has 0 atom stereocenters. The van der Waals surface area contributed by atoms with Crippen LogP contribution in [0.5, 0.6) is 0 Å². The third kappa shape index (κ3) is 17.8. The zero-order valence-corrected chi connectivity index (χ0v) is 51.0. The Hall–Kier alpha value is -9.46. The van der Waals surface area contributed by atoms with Gasteiger partial charge in [0.2, 0.25) is 24.2 Å². The number of carbonyl (C=O) groups is 2. The second-order valence-electron chi connectivity index (χ2n) is 21.6. The van der Waals surface area contributed by atoms with Crippen LogP contribution >= 0.6 is 0 Å². The SMILES string of the molecule is CN1CCN(CCNC=O)CC1.CN1CCN(CCNC=O)CC1.CNc1ccc(CCNc2ncnc3oc(-c4ccccc4)c(-c4ccccc4)c23)cc1.CNc1ccc(CCNc2ncnc3oc(-c4ccccc4)c(-c4ccccc4)c23)cc1. The second-order valence-corrected chi connectivity index (χ2v) is 21.6. The zero-order chi connectivity index (χ0) is 61.1. The fraction of sp³-hybridized carbons (Fsp3) is 0.286. The van der Waals surface area contributed by atoms with Gasteiger partial charge in [0, 0.05) is 139 Å². The number of amides is 2. The lowest BCUT2D eigenvalue weighted by molar-refractivity contribution is -0.110. The molecule has 6 aromatic carbocycles. The van der Waals surface area contributed by atoms with Crippen molar-refractivity contribution in [2.45, 2.75) is 12.8 Å². The van der Waals surface area contributed by atoms with Gasteiger partial charge in [-0.15, -0.1) is 0 Å². The van der Waals surface area contributed by atoms with E-state index in [2.05, 4.69) is 183 Å². The van der Waals surface area contributed by atoms with Crippen molar-refractivity contribution in [1.29, 1.82) is 0 Å². The molecule has 4 aromatic heterocycles. The highest BCUT2D eigenvalue weighted by molar-refractivity contribution is 6.07. The number of likely N-dealkylation sites (N-methyl/N-ethyl adjacent to an activating group) is 2. The minimum absolute atomic E-state index is 0.582. The van der Waals surface area contributed by atoms with Crippen LogP contribution in [0.1, 0.15) is 11.1 Å². The summed E-state index contributed by atoms with van der Waals surface area (Å²) < 4.78 is 12.5. The molecule has 2 amide bonds. The number of nitrogens with zero attached hydrogens (tertiary/aromatic N) is 8. The van der Waals surface area contributed by atoms with Crippen molar-refractivity contribution in [2.24, 2.45) is 0 Å². The molecule has 456 valence electrons. The van der Waals surface area contributed by atoms with Gasteiger partial charge in [0.15, 0.2) is 0 Å². The van der Waals surface area contributed by atoms with Gasteiger partial charge < -0.3 is 50.5 Å². The molecule has 2 aliphatic heterocycles. The van der Waals surface area contributed by atoms with E-state index in [1.54, 1.807) is 12.7 Å². The minimum Gasteiger partial charge on any atom is -0.437 e. The summed E-state index contributed by atoms with van der Waals surface area (Å²) in [7, 11) is 8.13. The summed E-state index contributed by atoms with van der Waals surface area (Å²) in [4.78, 5) is 47.3. The molecule has 6 heterocycles. The summed E-state index contributed by atoms with van der Waals surface area (Å²) in [5.74, 6) is 3.18. The summed E-state index contributed by atoms with van der Waals surface area (Å²) in [5, 5.41) is 20.5. The van der Waals surface area contributed by atoms with Gasteiger partial charge in [0.05, 0.1) is 10.8 Å². The molecule has 18 heteroatoms.